The smallest absolute Gasteiger partial charge is 0.153 e. The number of nitrogens with zero attached hydrogens (tertiary/aromatic N) is 5. The van der Waals surface area contributed by atoms with Crippen LogP contribution >= 0.6 is 11.6 Å². The molecule has 8 heteroatoms. The second kappa shape index (κ2) is 6.94. The Morgan fingerprint density at radius 2 is 1.96 bits per heavy atom. The van der Waals surface area contributed by atoms with E-state index in [0.29, 0.717) is 17.2 Å². The highest BCUT2D eigenvalue weighted by atomic mass is 35.5. The number of rotatable bonds is 4. The summed E-state index contributed by atoms with van der Waals surface area (Å²) in [6.45, 7) is 3.55. The fourth-order valence-electron chi connectivity index (χ4n) is 2.77. The zero-order valence-corrected chi connectivity index (χ0v) is 15.5. The molecule has 0 saturated heterocycles. The third kappa shape index (κ3) is 3.47. The van der Waals surface area contributed by atoms with Crippen molar-refractivity contribution in [3.63, 3.8) is 0 Å². The Hall–Kier alpha value is -3.03. The molecule has 1 unspecified atom stereocenters. The molecule has 0 spiro atoms. The van der Waals surface area contributed by atoms with E-state index in [-0.39, 0.29) is 5.15 Å². The van der Waals surface area contributed by atoms with E-state index in [4.69, 9.17) is 11.6 Å². The Labute approximate surface area is 160 Å². The van der Waals surface area contributed by atoms with Crippen molar-refractivity contribution in [2.45, 2.75) is 20.0 Å². The number of fused-ring (bicyclic) bond motifs is 1. The highest BCUT2D eigenvalue weighted by Gasteiger charge is 2.12. The molecule has 0 amide bonds. The average Bonchev–Trinajstić information content (AvgIpc) is 3.06. The van der Waals surface area contributed by atoms with Gasteiger partial charge in [-0.15, -0.1) is 5.10 Å². The minimum Gasteiger partial charge on any atom is -0.389 e. The van der Waals surface area contributed by atoms with Gasteiger partial charge in [-0.2, -0.15) is 5.10 Å². The van der Waals surface area contributed by atoms with Crippen molar-refractivity contribution >= 4 is 34.1 Å². The van der Waals surface area contributed by atoms with E-state index in [0.717, 1.165) is 22.4 Å². The summed E-state index contributed by atoms with van der Waals surface area (Å²) in [5.74, 6) is 1.30. The van der Waals surface area contributed by atoms with Crippen LogP contribution in [0.15, 0.2) is 48.8 Å². The lowest BCUT2D eigenvalue weighted by Crippen LogP contribution is -2.00. The second-order valence-electron chi connectivity index (χ2n) is 6.23. The lowest BCUT2D eigenvalue weighted by molar-refractivity contribution is 0.199. The summed E-state index contributed by atoms with van der Waals surface area (Å²) in [5.41, 5.74) is 4.01. The number of aliphatic hydroxyl groups is 1. The molecule has 136 valence electrons. The summed E-state index contributed by atoms with van der Waals surface area (Å²) in [4.78, 5) is 8.83. The number of aryl methyl sites for hydroxylation is 1. The molecule has 4 aromatic rings. The summed E-state index contributed by atoms with van der Waals surface area (Å²) in [6, 6.07) is 13.2. The van der Waals surface area contributed by atoms with E-state index < -0.39 is 6.10 Å². The molecule has 27 heavy (non-hydrogen) atoms. The van der Waals surface area contributed by atoms with Crippen LogP contribution in [0.1, 0.15) is 24.3 Å². The highest BCUT2D eigenvalue weighted by Crippen LogP contribution is 2.26. The van der Waals surface area contributed by atoms with Gasteiger partial charge in [0.25, 0.3) is 0 Å². The van der Waals surface area contributed by atoms with Crippen LogP contribution in [0.3, 0.4) is 0 Å². The van der Waals surface area contributed by atoms with Gasteiger partial charge in [0.05, 0.1) is 22.8 Å². The van der Waals surface area contributed by atoms with Crippen molar-refractivity contribution in [2.75, 3.05) is 5.32 Å². The predicted octanol–water partition coefficient (Wildman–Crippen LogP) is 3.97. The van der Waals surface area contributed by atoms with E-state index in [9.17, 15) is 5.11 Å². The summed E-state index contributed by atoms with van der Waals surface area (Å²) in [7, 11) is 0. The number of imidazole rings is 1. The molecule has 1 atom stereocenters. The van der Waals surface area contributed by atoms with Gasteiger partial charge < -0.3 is 10.4 Å². The van der Waals surface area contributed by atoms with Gasteiger partial charge in [0.1, 0.15) is 17.3 Å². The van der Waals surface area contributed by atoms with E-state index in [1.54, 1.807) is 19.3 Å². The van der Waals surface area contributed by atoms with Crippen molar-refractivity contribution < 1.29 is 5.11 Å². The van der Waals surface area contributed by atoms with E-state index in [1.165, 1.54) is 0 Å². The maximum atomic E-state index is 9.70. The molecule has 3 heterocycles. The maximum Gasteiger partial charge on any atom is 0.153 e. The van der Waals surface area contributed by atoms with Gasteiger partial charge in [-0.1, -0.05) is 11.6 Å². The molecule has 0 aliphatic rings. The van der Waals surface area contributed by atoms with Gasteiger partial charge in [-0.3, -0.25) is 4.57 Å². The maximum absolute atomic E-state index is 9.70. The average molecular weight is 381 g/mol. The Morgan fingerprint density at radius 1 is 1.11 bits per heavy atom. The quantitative estimate of drug-likeness (QED) is 0.521. The number of hydrogen-bond donors (Lipinski definition) is 2. The van der Waals surface area contributed by atoms with Gasteiger partial charge in [-0.05, 0) is 56.3 Å². The number of halogens is 1. The molecule has 3 aromatic heterocycles. The van der Waals surface area contributed by atoms with Crippen LogP contribution in [0, 0.1) is 6.92 Å². The van der Waals surface area contributed by atoms with E-state index >= 15 is 0 Å². The lowest BCUT2D eigenvalue weighted by Gasteiger charge is -2.10. The number of benzene rings is 1. The molecule has 0 fully saturated rings. The fraction of sp³-hybridized carbons (Fsp3) is 0.158. The summed E-state index contributed by atoms with van der Waals surface area (Å²) in [6.07, 6.45) is 1.03. The van der Waals surface area contributed by atoms with E-state index in [2.05, 4.69) is 25.5 Å². The van der Waals surface area contributed by atoms with Crippen LogP contribution in [-0.2, 0) is 0 Å². The zero-order chi connectivity index (χ0) is 19.0. The highest BCUT2D eigenvalue weighted by molar-refractivity contribution is 6.30. The topological polar surface area (TPSA) is 88.8 Å². The largest absolute Gasteiger partial charge is 0.389 e. The SMILES string of the molecule is Cc1ccc(Nc2ccc3c(c2)ncn3-c2ccc(C(C)O)c(Cl)n2)nn1. The monoisotopic (exact) mass is 380 g/mol. The first kappa shape index (κ1) is 17.4. The van der Waals surface area contributed by atoms with Crippen LogP contribution in [0.25, 0.3) is 16.9 Å². The Bertz CT molecular complexity index is 1110. The number of anilines is 2. The van der Waals surface area contributed by atoms with Gasteiger partial charge in [0.2, 0.25) is 0 Å². The van der Waals surface area contributed by atoms with Crippen molar-refractivity contribution in [1.82, 2.24) is 24.7 Å². The second-order valence-corrected chi connectivity index (χ2v) is 6.59. The molecule has 0 radical (unpaired) electrons. The fourth-order valence-corrected chi connectivity index (χ4v) is 3.08. The number of aromatic nitrogens is 5. The Morgan fingerprint density at radius 3 is 2.67 bits per heavy atom. The molecule has 0 aliphatic heterocycles. The van der Waals surface area contributed by atoms with Gasteiger partial charge in [0, 0.05) is 11.3 Å². The molecular weight excluding hydrogens is 364 g/mol. The van der Waals surface area contributed by atoms with Crippen molar-refractivity contribution in [3.8, 4) is 5.82 Å². The summed E-state index contributed by atoms with van der Waals surface area (Å²) in [5, 5.41) is 21.3. The molecule has 4 rings (SSSR count). The molecule has 7 nitrogen and oxygen atoms in total. The molecule has 0 saturated carbocycles. The van der Waals surface area contributed by atoms with Crippen LogP contribution in [0.4, 0.5) is 11.5 Å². The van der Waals surface area contributed by atoms with E-state index in [1.807, 2.05) is 47.9 Å². The van der Waals surface area contributed by atoms with Gasteiger partial charge in [-0.25, -0.2) is 9.97 Å². The zero-order valence-electron chi connectivity index (χ0n) is 14.8. The first-order chi connectivity index (χ1) is 13.0. The lowest BCUT2D eigenvalue weighted by atomic mass is 10.2. The third-order valence-corrected chi connectivity index (χ3v) is 4.48. The number of pyridine rings is 1. The normalized spacial score (nSPS) is 12.3. The van der Waals surface area contributed by atoms with Gasteiger partial charge >= 0.3 is 0 Å². The predicted molar refractivity (Wildman–Crippen MR) is 105 cm³/mol. The Kier molecular flexibility index (Phi) is 4.47. The standard InChI is InChI=1S/C19H17ClN6O/c1-11-3-7-17(25-24-11)22-13-4-6-16-15(9-13)21-10-26(16)18-8-5-14(12(2)27)19(20)23-18/h3-10,12,27H,1-2H3,(H,22,25). The molecule has 2 N–H and O–H groups in total. The van der Waals surface area contributed by atoms with Crippen molar-refractivity contribution in [3.05, 3.63) is 65.2 Å². The number of aliphatic hydroxyl groups excluding tert-OH is 1. The summed E-state index contributed by atoms with van der Waals surface area (Å²) < 4.78 is 1.85. The van der Waals surface area contributed by atoms with Crippen molar-refractivity contribution in [2.24, 2.45) is 0 Å². The Balaban J connectivity index is 1.66. The molecule has 0 aliphatic carbocycles. The summed E-state index contributed by atoms with van der Waals surface area (Å²) >= 11 is 6.19. The minimum atomic E-state index is -0.669. The van der Waals surface area contributed by atoms with Crippen LogP contribution in [-0.4, -0.2) is 29.8 Å². The first-order valence-corrected chi connectivity index (χ1v) is 8.78. The van der Waals surface area contributed by atoms with Crippen molar-refractivity contribution in [1.29, 1.82) is 0 Å². The number of nitrogens with one attached hydrogen (secondary N) is 1. The molecule has 0 bridgehead atoms. The van der Waals surface area contributed by atoms with Crippen LogP contribution < -0.4 is 5.32 Å². The van der Waals surface area contributed by atoms with Crippen LogP contribution in [0.5, 0.6) is 0 Å². The minimum absolute atomic E-state index is 0.278. The first-order valence-electron chi connectivity index (χ1n) is 8.40. The molecular formula is C19H17ClN6O. The third-order valence-electron chi connectivity index (χ3n) is 4.18. The van der Waals surface area contributed by atoms with Crippen LogP contribution in [0.2, 0.25) is 5.15 Å². The number of hydrogen-bond acceptors (Lipinski definition) is 6. The molecule has 1 aromatic carbocycles. The van der Waals surface area contributed by atoms with Gasteiger partial charge in [0.15, 0.2) is 5.82 Å².